The fraction of sp³-hybridized carbons (Fsp3) is 0.769. The zero-order valence-electron chi connectivity index (χ0n) is 22.1. The Hall–Kier alpha value is -1.22. The van der Waals surface area contributed by atoms with E-state index in [4.69, 9.17) is 4.74 Å². The van der Waals surface area contributed by atoms with E-state index in [1.54, 1.807) is 0 Å². The first-order valence-corrected chi connectivity index (χ1v) is 12.7. The fourth-order valence-corrected chi connectivity index (χ4v) is 4.83. The maximum Gasteiger partial charge on any atom is 0.127 e. The quantitative estimate of drug-likeness (QED) is 0.655. The van der Waals surface area contributed by atoms with Gasteiger partial charge in [-0.1, -0.05) is 17.7 Å². The van der Waals surface area contributed by atoms with Crippen molar-refractivity contribution in [3.8, 4) is 5.75 Å². The van der Waals surface area contributed by atoms with Gasteiger partial charge in [-0.2, -0.15) is 0 Å². The summed E-state index contributed by atoms with van der Waals surface area (Å²) in [4.78, 5) is 15.0. The standard InChI is InChI=1S/C26H48N6O/c1-23-19-24(21-31-15-11-27(2)7-8-28(3)12-16-31)26(33-6)25(20-23)22-32-17-13-29(4)9-10-30(5)14-18-32/h19-20H,7-18,21-22H2,1-6H3. The molecule has 0 aliphatic carbocycles. The molecule has 2 aliphatic heterocycles. The van der Waals surface area contributed by atoms with Crippen LogP contribution >= 0.6 is 0 Å². The van der Waals surface area contributed by atoms with Crippen LogP contribution in [0.5, 0.6) is 5.75 Å². The Morgan fingerprint density at radius 1 is 0.576 bits per heavy atom. The minimum Gasteiger partial charge on any atom is -0.496 e. The maximum atomic E-state index is 6.07. The van der Waals surface area contributed by atoms with Crippen molar-refractivity contribution in [3.63, 3.8) is 0 Å². The van der Waals surface area contributed by atoms with Gasteiger partial charge in [0.25, 0.3) is 0 Å². The van der Waals surface area contributed by atoms with Crippen molar-refractivity contribution in [2.45, 2.75) is 20.0 Å². The van der Waals surface area contributed by atoms with Gasteiger partial charge in [-0.3, -0.25) is 9.80 Å². The van der Waals surface area contributed by atoms with Crippen molar-refractivity contribution in [2.75, 3.05) is 114 Å². The van der Waals surface area contributed by atoms with Crippen LogP contribution in [0.2, 0.25) is 0 Å². The molecule has 0 radical (unpaired) electrons. The van der Waals surface area contributed by atoms with E-state index < -0.39 is 0 Å². The van der Waals surface area contributed by atoms with E-state index in [0.29, 0.717) is 0 Å². The molecule has 2 fully saturated rings. The summed E-state index contributed by atoms with van der Waals surface area (Å²) in [6.45, 7) is 17.5. The van der Waals surface area contributed by atoms with Crippen LogP contribution < -0.4 is 4.74 Å². The molecule has 3 rings (SSSR count). The van der Waals surface area contributed by atoms with Crippen molar-refractivity contribution in [1.82, 2.24) is 29.4 Å². The highest BCUT2D eigenvalue weighted by atomic mass is 16.5. The Morgan fingerprint density at radius 2 is 0.879 bits per heavy atom. The summed E-state index contributed by atoms with van der Waals surface area (Å²) in [7, 11) is 10.8. The van der Waals surface area contributed by atoms with Crippen molar-refractivity contribution in [2.24, 2.45) is 0 Å². The second-order valence-electron chi connectivity index (χ2n) is 10.4. The maximum absolute atomic E-state index is 6.07. The molecule has 2 heterocycles. The average molecular weight is 461 g/mol. The number of hydrogen-bond acceptors (Lipinski definition) is 7. The van der Waals surface area contributed by atoms with Crippen molar-refractivity contribution in [1.29, 1.82) is 0 Å². The summed E-state index contributed by atoms with van der Waals surface area (Å²) in [6, 6.07) is 4.67. The molecule has 0 unspecified atom stereocenters. The largest absolute Gasteiger partial charge is 0.496 e. The van der Waals surface area contributed by atoms with Gasteiger partial charge in [0.1, 0.15) is 5.75 Å². The van der Waals surface area contributed by atoms with Crippen LogP contribution in [-0.2, 0) is 13.1 Å². The minimum absolute atomic E-state index is 0.949. The van der Waals surface area contributed by atoms with Gasteiger partial charge in [-0.15, -0.1) is 0 Å². The number of likely N-dealkylation sites (N-methyl/N-ethyl adjacent to an activating group) is 4. The van der Waals surface area contributed by atoms with E-state index in [-0.39, 0.29) is 0 Å². The molecular formula is C26H48N6O. The van der Waals surface area contributed by atoms with Crippen molar-refractivity contribution >= 4 is 0 Å². The highest BCUT2D eigenvalue weighted by molar-refractivity contribution is 5.44. The summed E-state index contributed by atoms with van der Waals surface area (Å²) >= 11 is 0. The predicted octanol–water partition coefficient (Wildman–Crippen LogP) is 1.36. The molecule has 188 valence electrons. The Kier molecular flexibility index (Phi) is 10.4. The lowest BCUT2D eigenvalue weighted by atomic mass is 10.0. The number of aryl methyl sites for hydroxylation is 1. The summed E-state index contributed by atoms with van der Waals surface area (Å²) in [5.41, 5.74) is 3.99. The summed E-state index contributed by atoms with van der Waals surface area (Å²) in [5, 5.41) is 0. The normalized spacial score (nSPS) is 22.7. The highest BCUT2D eigenvalue weighted by Crippen LogP contribution is 2.28. The molecular weight excluding hydrogens is 412 g/mol. The van der Waals surface area contributed by atoms with E-state index in [2.05, 4.69) is 76.6 Å². The molecule has 0 atom stereocenters. The molecule has 7 nitrogen and oxygen atoms in total. The molecule has 2 aliphatic rings. The number of rotatable bonds is 5. The predicted molar refractivity (Wildman–Crippen MR) is 138 cm³/mol. The van der Waals surface area contributed by atoms with E-state index in [9.17, 15) is 0 Å². The molecule has 33 heavy (non-hydrogen) atoms. The van der Waals surface area contributed by atoms with Gasteiger partial charge >= 0.3 is 0 Å². The van der Waals surface area contributed by atoms with Crippen molar-refractivity contribution in [3.05, 3.63) is 28.8 Å². The number of methoxy groups -OCH3 is 1. The molecule has 2 saturated heterocycles. The Balaban J connectivity index is 1.76. The second-order valence-corrected chi connectivity index (χ2v) is 10.4. The average Bonchev–Trinajstić information content (AvgIpc) is 2.91. The molecule has 0 spiro atoms. The van der Waals surface area contributed by atoms with Crippen LogP contribution in [0.25, 0.3) is 0 Å². The first-order chi connectivity index (χ1) is 15.8. The topological polar surface area (TPSA) is 28.7 Å². The highest BCUT2D eigenvalue weighted by Gasteiger charge is 2.19. The number of hydrogen-bond donors (Lipinski definition) is 0. The van der Waals surface area contributed by atoms with Gasteiger partial charge in [-0.05, 0) is 35.1 Å². The van der Waals surface area contributed by atoms with Gasteiger partial charge < -0.3 is 24.3 Å². The third-order valence-electron chi connectivity index (χ3n) is 7.30. The van der Waals surface area contributed by atoms with E-state index in [1.807, 2.05) is 7.11 Å². The molecule has 0 N–H and O–H groups in total. The third-order valence-corrected chi connectivity index (χ3v) is 7.30. The van der Waals surface area contributed by atoms with Gasteiger partial charge in [0, 0.05) is 103 Å². The fourth-order valence-electron chi connectivity index (χ4n) is 4.83. The molecule has 0 amide bonds. The number of benzene rings is 1. The summed E-state index contributed by atoms with van der Waals surface area (Å²) in [6.07, 6.45) is 0. The van der Waals surface area contributed by atoms with Crippen LogP contribution in [0.15, 0.2) is 12.1 Å². The smallest absolute Gasteiger partial charge is 0.127 e. The Morgan fingerprint density at radius 3 is 1.18 bits per heavy atom. The van der Waals surface area contributed by atoms with Gasteiger partial charge in [0.05, 0.1) is 7.11 Å². The molecule has 1 aromatic carbocycles. The number of nitrogens with zero attached hydrogens (tertiary/aromatic N) is 6. The molecule has 0 aromatic heterocycles. The second kappa shape index (κ2) is 13.0. The Bertz CT molecular complexity index is 646. The molecule has 0 saturated carbocycles. The van der Waals surface area contributed by atoms with Gasteiger partial charge in [-0.25, -0.2) is 0 Å². The summed E-state index contributed by atoms with van der Waals surface area (Å²) in [5.74, 6) is 1.09. The monoisotopic (exact) mass is 460 g/mol. The first-order valence-electron chi connectivity index (χ1n) is 12.7. The van der Waals surface area contributed by atoms with Crippen LogP contribution in [0.4, 0.5) is 0 Å². The van der Waals surface area contributed by atoms with Gasteiger partial charge in [0.2, 0.25) is 0 Å². The van der Waals surface area contributed by atoms with Crippen LogP contribution in [0.1, 0.15) is 16.7 Å². The summed E-state index contributed by atoms with van der Waals surface area (Å²) < 4.78 is 6.07. The lowest BCUT2D eigenvalue weighted by Crippen LogP contribution is -2.35. The van der Waals surface area contributed by atoms with E-state index in [1.165, 1.54) is 16.7 Å². The lowest BCUT2D eigenvalue weighted by Gasteiger charge is -2.28. The first kappa shape index (κ1) is 26.4. The zero-order chi connectivity index (χ0) is 23.8. The van der Waals surface area contributed by atoms with E-state index >= 15 is 0 Å². The van der Waals surface area contributed by atoms with Crippen LogP contribution in [0, 0.1) is 6.92 Å². The van der Waals surface area contributed by atoms with Crippen molar-refractivity contribution < 1.29 is 4.74 Å². The van der Waals surface area contributed by atoms with Crippen LogP contribution in [-0.4, -0.2) is 143 Å². The Labute approximate surface area is 202 Å². The molecule has 0 bridgehead atoms. The molecule has 7 heteroatoms. The van der Waals surface area contributed by atoms with Gasteiger partial charge in [0.15, 0.2) is 0 Å². The SMILES string of the molecule is COc1c(CN2CCN(C)CCN(C)CC2)cc(C)cc1CN1CCN(C)CCN(C)CC1. The molecule has 1 aromatic rings. The minimum atomic E-state index is 0.949. The third kappa shape index (κ3) is 8.50. The number of ether oxygens (including phenoxy) is 1. The zero-order valence-corrected chi connectivity index (χ0v) is 22.1. The van der Waals surface area contributed by atoms with E-state index in [0.717, 1.165) is 97.4 Å². The van der Waals surface area contributed by atoms with Crippen LogP contribution in [0.3, 0.4) is 0 Å². The lowest BCUT2D eigenvalue weighted by molar-refractivity contribution is 0.219.